The van der Waals surface area contributed by atoms with Crippen LogP contribution in [0, 0.1) is 0 Å². The van der Waals surface area contributed by atoms with Crippen LogP contribution in [-0.2, 0) is 6.54 Å². The summed E-state index contributed by atoms with van der Waals surface area (Å²) in [4.78, 5) is 4.03. The third-order valence-corrected chi connectivity index (χ3v) is 2.18. The Hall–Kier alpha value is -1.27. The highest BCUT2D eigenvalue weighted by Crippen LogP contribution is 2.20. The second-order valence-electron chi connectivity index (χ2n) is 2.92. The Kier molecular flexibility index (Phi) is 3.08. The molecule has 1 N–H and O–H groups in total. The monoisotopic (exact) mass is 268 g/mol. The molecule has 0 aliphatic carbocycles. The van der Waals surface area contributed by atoms with Crippen LogP contribution in [0.1, 0.15) is 5.89 Å². The number of halogens is 1. The average molecular weight is 269 g/mol. The van der Waals surface area contributed by atoms with Gasteiger partial charge >= 0.3 is 0 Å². The van der Waals surface area contributed by atoms with E-state index in [4.69, 9.17) is 4.42 Å². The lowest BCUT2D eigenvalue weighted by molar-refractivity contribution is 0.490. The van der Waals surface area contributed by atoms with Gasteiger partial charge in [0.05, 0.1) is 12.1 Å². The van der Waals surface area contributed by atoms with Gasteiger partial charge in [-0.1, -0.05) is 0 Å². The molecule has 78 valence electrons. The first-order valence-corrected chi connectivity index (χ1v) is 5.17. The van der Waals surface area contributed by atoms with Crippen LogP contribution in [0.3, 0.4) is 0 Å². The molecule has 0 spiro atoms. The summed E-state index contributed by atoms with van der Waals surface area (Å²) >= 11 is 3.33. The predicted octanol–water partition coefficient (Wildman–Crippen LogP) is 1.61. The molecule has 0 fully saturated rings. The second kappa shape index (κ2) is 4.50. The first-order chi connectivity index (χ1) is 7.29. The van der Waals surface area contributed by atoms with Crippen molar-refractivity contribution in [3.63, 3.8) is 0 Å². The Bertz CT molecular complexity index is 457. The van der Waals surface area contributed by atoms with E-state index >= 15 is 0 Å². The Morgan fingerprint density at radius 3 is 3.00 bits per heavy atom. The Morgan fingerprint density at radius 1 is 1.40 bits per heavy atom. The van der Waals surface area contributed by atoms with Gasteiger partial charge < -0.3 is 9.73 Å². The molecule has 15 heavy (non-hydrogen) atoms. The van der Waals surface area contributed by atoms with Crippen molar-refractivity contribution in [3.05, 3.63) is 28.8 Å². The van der Waals surface area contributed by atoms with Crippen molar-refractivity contribution in [3.8, 4) is 11.5 Å². The summed E-state index contributed by atoms with van der Waals surface area (Å²) in [5.41, 5.74) is 0.805. The molecule has 2 aromatic rings. The number of hydrogen-bond donors (Lipinski definition) is 1. The number of aromatic nitrogens is 3. The summed E-state index contributed by atoms with van der Waals surface area (Å²) in [6, 6.07) is 1.88. The van der Waals surface area contributed by atoms with Crippen LogP contribution in [0.5, 0.6) is 0 Å². The molecule has 0 radical (unpaired) electrons. The largest absolute Gasteiger partial charge is 0.419 e. The predicted molar refractivity (Wildman–Crippen MR) is 58.0 cm³/mol. The molecule has 0 bridgehead atoms. The molecule has 5 nitrogen and oxygen atoms in total. The number of pyridine rings is 1. The SMILES string of the molecule is CNCc1nnc(-c2cncc(Br)c2)o1. The molecule has 2 rings (SSSR count). The van der Waals surface area contributed by atoms with Crippen molar-refractivity contribution in [1.82, 2.24) is 20.5 Å². The number of nitrogens with one attached hydrogen (secondary N) is 1. The first-order valence-electron chi connectivity index (χ1n) is 4.37. The topological polar surface area (TPSA) is 63.8 Å². The molecular formula is C9H9BrN4O. The quantitative estimate of drug-likeness (QED) is 0.917. The van der Waals surface area contributed by atoms with Gasteiger partial charge in [-0.3, -0.25) is 4.98 Å². The molecule has 0 saturated carbocycles. The molecule has 0 saturated heterocycles. The smallest absolute Gasteiger partial charge is 0.249 e. The lowest BCUT2D eigenvalue weighted by atomic mass is 10.3. The highest BCUT2D eigenvalue weighted by Gasteiger charge is 2.08. The molecule has 2 aromatic heterocycles. The van der Waals surface area contributed by atoms with Gasteiger partial charge in [0.2, 0.25) is 11.8 Å². The summed E-state index contributed by atoms with van der Waals surface area (Å²) in [5, 5.41) is 10.8. The number of hydrogen-bond acceptors (Lipinski definition) is 5. The maximum absolute atomic E-state index is 5.42. The lowest BCUT2D eigenvalue weighted by Crippen LogP contribution is -2.04. The van der Waals surface area contributed by atoms with E-state index in [1.54, 1.807) is 12.4 Å². The zero-order chi connectivity index (χ0) is 10.7. The van der Waals surface area contributed by atoms with Gasteiger partial charge in [0.15, 0.2) is 0 Å². The zero-order valence-electron chi connectivity index (χ0n) is 8.07. The third-order valence-electron chi connectivity index (χ3n) is 1.75. The maximum Gasteiger partial charge on any atom is 0.249 e. The Morgan fingerprint density at radius 2 is 2.27 bits per heavy atom. The molecule has 6 heteroatoms. The van der Waals surface area contributed by atoms with Crippen LogP contribution in [0.15, 0.2) is 27.3 Å². The molecule has 0 aromatic carbocycles. The van der Waals surface area contributed by atoms with Crippen molar-refractivity contribution in [2.45, 2.75) is 6.54 Å². The molecule has 2 heterocycles. The zero-order valence-corrected chi connectivity index (χ0v) is 9.65. The number of rotatable bonds is 3. The van der Waals surface area contributed by atoms with E-state index in [-0.39, 0.29) is 0 Å². The normalized spacial score (nSPS) is 10.5. The lowest BCUT2D eigenvalue weighted by Gasteiger charge is -1.94. The van der Waals surface area contributed by atoms with Crippen LogP contribution in [-0.4, -0.2) is 22.2 Å². The Labute approximate surface area is 95.1 Å². The van der Waals surface area contributed by atoms with E-state index < -0.39 is 0 Å². The molecule has 0 amide bonds. The van der Waals surface area contributed by atoms with Crippen LogP contribution in [0.25, 0.3) is 11.5 Å². The third kappa shape index (κ3) is 2.40. The van der Waals surface area contributed by atoms with Crippen molar-refractivity contribution in [2.75, 3.05) is 7.05 Å². The fraction of sp³-hybridized carbons (Fsp3) is 0.222. The van der Waals surface area contributed by atoms with E-state index in [0.29, 0.717) is 18.3 Å². The number of nitrogens with zero attached hydrogens (tertiary/aromatic N) is 3. The minimum Gasteiger partial charge on any atom is -0.419 e. The average Bonchev–Trinajstić information content (AvgIpc) is 2.67. The second-order valence-corrected chi connectivity index (χ2v) is 3.84. The minimum atomic E-state index is 0.481. The van der Waals surface area contributed by atoms with Crippen molar-refractivity contribution in [1.29, 1.82) is 0 Å². The van der Waals surface area contributed by atoms with Gasteiger partial charge in [0.1, 0.15) is 0 Å². The highest BCUT2D eigenvalue weighted by atomic mass is 79.9. The van der Waals surface area contributed by atoms with Crippen molar-refractivity contribution < 1.29 is 4.42 Å². The van der Waals surface area contributed by atoms with E-state index in [0.717, 1.165) is 10.0 Å². The van der Waals surface area contributed by atoms with Gasteiger partial charge in [0.25, 0.3) is 0 Å². The van der Waals surface area contributed by atoms with E-state index in [9.17, 15) is 0 Å². The van der Waals surface area contributed by atoms with Crippen molar-refractivity contribution in [2.24, 2.45) is 0 Å². The van der Waals surface area contributed by atoms with Gasteiger partial charge in [-0.25, -0.2) is 0 Å². The van der Waals surface area contributed by atoms with Gasteiger partial charge in [-0.05, 0) is 29.0 Å². The summed E-state index contributed by atoms with van der Waals surface area (Å²) in [6.07, 6.45) is 3.38. The summed E-state index contributed by atoms with van der Waals surface area (Å²) in [7, 11) is 1.82. The van der Waals surface area contributed by atoms with Crippen LogP contribution < -0.4 is 5.32 Å². The van der Waals surface area contributed by atoms with E-state index in [1.165, 1.54) is 0 Å². The highest BCUT2D eigenvalue weighted by molar-refractivity contribution is 9.10. The van der Waals surface area contributed by atoms with Gasteiger partial charge in [-0.15, -0.1) is 10.2 Å². The molecule has 0 aliphatic rings. The Balaban J connectivity index is 2.29. The summed E-state index contributed by atoms with van der Waals surface area (Å²) < 4.78 is 6.30. The molecule has 0 aliphatic heterocycles. The molecule has 0 unspecified atom stereocenters. The fourth-order valence-electron chi connectivity index (χ4n) is 1.12. The standard InChI is InChI=1S/C9H9BrN4O/c1-11-5-8-13-14-9(15-8)6-2-7(10)4-12-3-6/h2-4,11H,5H2,1H3. The van der Waals surface area contributed by atoms with Crippen molar-refractivity contribution >= 4 is 15.9 Å². The molecule has 0 atom stereocenters. The van der Waals surface area contributed by atoms with E-state index in [1.807, 2.05) is 13.1 Å². The van der Waals surface area contributed by atoms with Crippen LogP contribution in [0.4, 0.5) is 0 Å². The van der Waals surface area contributed by atoms with Gasteiger partial charge in [0, 0.05) is 16.9 Å². The van der Waals surface area contributed by atoms with E-state index in [2.05, 4.69) is 36.4 Å². The van der Waals surface area contributed by atoms with Crippen LogP contribution in [0.2, 0.25) is 0 Å². The summed E-state index contributed by atoms with van der Waals surface area (Å²) in [5.74, 6) is 1.04. The minimum absolute atomic E-state index is 0.481. The molecular weight excluding hydrogens is 260 g/mol. The van der Waals surface area contributed by atoms with Gasteiger partial charge in [-0.2, -0.15) is 0 Å². The summed E-state index contributed by atoms with van der Waals surface area (Å²) in [6.45, 7) is 0.564. The maximum atomic E-state index is 5.42. The van der Waals surface area contributed by atoms with Crippen LogP contribution >= 0.6 is 15.9 Å². The first kappa shape index (κ1) is 10.3. The fourth-order valence-corrected chi connectivity index (χ4v) is 1.49.